The number of aryl methyl sites for hydroxylation is 2. The number of hydrogen-bond donors (Lipinski definition) is 1. The highest BCUT2D eigenvalue weighted by molar-refractivity contribution is 5.08. The minimum absolute atomic E-state index is 0.0499. The summed E-state index contributed by atoms with van der Waals surface area (Å²) >= 11 is 0. The molecule has 1 aliphatic carbocycles. The van der Waals surface area contributed by atoms with Crippen molar-refractivity contribution in [2.24, 2.45) is 5.73 Å². The first-order chi connectivity index (χ1) is 7.16. The lowest BCUT2D eigenvalue weighted by Crippen LogP contribution is -2.34. The average molecular weight is 208 g/mol. The predicted octanol–water partition coefficient (Wildman–Crippen LogP) is 0.747. The van der Waals surface area contributed by atoms with Gasteiger partial charge in [-0.2, -0.15) is 4.98 Å². The Labute approximate surface area is 89.1 Å². The number of hydrogen-bond acceptors (Lipinski definition) is 5. The van der Waals surface area contributed by atoms with Crippen molar-refractivity contribution in [3.8, 4) is 6.01 Å². The smallest absolute Gasteiger partial charge is 0.336 e. The molecular formula is C10H16N4O. The highest BCUT2D eigenvalue weighted by Gasteiger charge is 2.26. The molecule has 15 heavy (non-hydrogen) atoms. The first-order valence-corrected chi connectivity index (χ1v) is 5.27. The molecule has 2 N–H and O–H groups in total. The summed E-state index contributed by atoms with van der Waals surface area (Å²) in [5, 5.41) is 7.87. The summed E-state index contributed by atoms with van der Waals surface area (Å²) < 4.78 is 5.61. The molecule has 0 aromatic carbocycles. The van der Waals surface area contributed by atoms with Gasteiger partial charge in [-0.05, 0) is 33.1 Å². The average Bonchev–Trinajstić information content (AvgIpc) is 2.59. The molecule has 0 amide bonds. The van der Waals surface area contributed by atoms with E-state index in [4.69, 9.17) is 10.5 Å². The summed E-state index contributed by atoms with van der Waals surface area (Å²) in [6.07, 6.45) is 3.17. The summed E-state index contributed by atoms with van der Waals surface area (Å²) in [5.41, 5.74) is 7.58. The van der Waals surface area contributed by atoms with E-state index < -0.39 is 0 Å². The zero-order valence-electron chi connectivity index (χ0n) is 9.10. The largest absolute Gasteiger partial charge is 0.457 e. The fourth-order valence-corrected chi connectivity index (χ4v) is 1.72. The molecule has 5 nitrogen and oxygen atoms in total. The molecule has 0 radical (unpaired) electrons. The Kier molecular flexibility index (Phi) is 2.81. The van der Waals surface area contributed by atoms with Gasteiger partial charge in [-0.3, -0.25) is 0 Å². The second-order valence-corrected chi connectivity index (χ2v) is 4.02. The normalized spacial score (nSPS) is 25.5. The molecule has 2 atom stereocenters. The molecule has 2 rings (SSSR count). The van der Waals surface area contributed by atoms with Crippen LogP contribution < -0.4 is 10.5 Å². The van der Waals surface area contributed by atoms with E-state index in [0.717, 1.165) is 30.7 Å². The van der Waals surface area contributed by atoms with Crippen molar-refractivity contribution in [3.63, 3.8) is 0 Å². The van der Waals surface area contributed by atoms with Crippen molar-refractivity contribution in [1.82, 2.24) is 15.2 Å². The third kappa shape index (κ3) is 2.23. The van der Waals surface area contributed by atoms with E-state index in [1.54, 1.807) is 0 Å². The Hall–Kier alpha value is -1.23. The summed E-state index contributed by atoms with van der Waals surface area (Å²) in [7, 11) is 0. The summed E-state index contributed by atoms with van der Waals surface area (Å²) in [6, 6.07) is 0.454. The van der Waals surface area contributed by atoms with E-state index in [1.165, 1.54) is 0 Å². The van der Waals surface area contributed by atoms with E-state index in [-0.39, 0.29) is 12.1 Å². The minimum atomic E-state index is 0.0499. The fourth-order valence-electron chi connectivity index (χ4n) is 1.72. The third-order valence-corrected chi connectivity index (χ3v) is 2.83. The SMILES string of the molecule is Cc1nnc(OC2CCCC2N)nc1C. The standard InChI is InChI=1S/C10H16N4O/c1-6-7(2)13-14-10(12-6)15-9-5-3-4-8(9)11/h8-9H,3-5,11H2,1-2H3. The van der Waals surface area contributed by atoms with E-state index in [1.807, 2.05) is 13.8 Å². The molecule has 5 heteroatoms. The van der Waals surface area contributed by atoms with Crippen LogP contribution in [0, 0.1) is 13.8 Å². The second-order valence-electron chi connectivity index (χ2n) is 4.02. The van der Waals surface area contributed by atoms with E-state index >= 15 is 0 Å². The number of aromatic nitrogens is 3. The van der Waals surface area contributed by atoms with E-state index in [9.17, 15) is 0 Å². The van der Waals surface area contributed by atoms with Crippen LogP contribution in [0.4, 0.5) is 0 Å². The number of nitrogens with two attached hydrogens (primary N) is 1. The molecule has 0 aliphatic heterocycles. The van der Waals surface area contributed by atoms with Crippen LogP contribution in [0.1, 0.15) is 30.7 Å². The van der Waals surface area contributed by atoms with Gasteiger partial charge in [-0.25, -0.2) is 0 Å². The van der Waals surface area contributed by atoms with Gasteiger partial charge >= 0.3 is 6.01 Å². The lowest BCUT2D eigenvalue weighted by atomic mass is 10.2. The van der Waals surface area contributed by atoms with E-state index in [2.05, 4.69) is 15.2 Å². The Bertz CT molecular complexity index is 355. The highest BCUT2D eigenvalue weighted by atomic mass is 16.5. The maximum absolute atomic E-state index is 5.89. The Morgan fingerprint density at radius 3 is 2.60 bits per heavy atom. The zero-order chi connectivity index (χ0) is 10.8. The summed E-state index contributed by atoms with van der Waals surface area (Å²) in [4.78, 5) is 4.22. The molecule has 2 unspecified atom stereocenters. The van der Waals surface area contributed by atoms with Gasteiger partial charge in [0.25, 0.3) is 0 Å². The number of rotatable bonds is 2. The molecule has 1 aromatic rings. The van der Waals surface area contributed by atoms with Crippen LogP contribution in [-0.2, 0) is 0 Å². The maximum Gasteiger partial charge on any atom is 0.336 e. The van der Waals surface area contributed by atoms with Gasteiger partial charge < -0.3 is 10.5 Å². The maximum atomic E-state index is 5.89. The molecule has 1 aliphatic rings. The molecule has 1 heterocycles. The van der Waals surface area contributed by atoms with Gasteiger partial charge in [0.15, 0.2) is 0 Å². The lowest BCUT2D eigenvalue weighted by Gasteiger charge is -2.15. The van der Waals surface area contributed by atoms with Crippen molar-refractivity contribution in [1.29, 1.82) is 0 Å². The Balaban J connectivity index is 2.07. The van der Waals surface area contributed by atoms with Crippen LogP contribution in [-0.4, -0.2) is 27.3 Å². The van der Waals surface area contributed by atoms with Crippen LogP contribution in [0.3, 0.4) is 0 Å². The highest BCUT2D eigenvalue weighted by Crippen LogP contribution is 2.21. The van der Waals surface area contributed by atoms with Gasteiger partial charge in [-0.1, -0.05) is 5.10 Å². The van der Waals surface area contributed by atoms with Gasteiger partial charge in [0.05, 0.1) is 11.4 Å². The topological polar surface area (TPSA) is 73.9 Å². The zero-order valence-corrected chi connectivity index (χ0v) is 9.10. The minimum Gasteiger partial charge on any atom is -0.457 e. The predicted molar refractivity (Wildman–Crippen MR) is 55.5 cm³/mol. The van der Waals surface area contributed by atoms with Gasteiger partial charge in [0.1, 0.15) is 6.10 Å². The molecule has 1 saturated carbocycles. The first-order valence-electron chi connectivity index (χ1n) is 5.27. The van der Waals surface area contributed by atoms with Crippen LogP contribution in [0.5, 0.6) is 6.01 Å². The molecule has 1 fully saturated rings. The Morgan fingerprint density at radius 2 is 2.00 bits per heavy atom. The van der Waals surface area contributed by atoms with Crippen molar-refractivity contribution < 1.29 is 4.74 Å². The molecule has 0 saturated heterocycles. The Morgan fingerprint density at radius 1 is 1.20 bits per heavy atom. The van der Waals surface area contributed by atoms with Crippen molar-refractivity contribution >= 4 is 0 Å². The monoisotopic (exact) mass is 208 g/mol. The van der Waals surface area contributed by atoms with E-state index in [0.29, 0.717) is 6.01 Å². The summed E-state index contributed by atoms with van der Waals surface area (Å²) in [5.74, 6) is 0. The lowest BCUT2D eigenvalue weighted by molar-refractivity contribution is 0.172. The fraction of sp³-hybridized carbons (Fsp3) is 0.700. The summed E-state index contributed by atoms with van der Waals surface area (Å²) in [6.45, 7) is 3.77. The molecule has 0 spiro atoms. The molecule has 1 aromatic heterocycles. The first kappa shape index (κ1) is 10.3. The van der Waals surface area contributed by atoms with Crippen LogP contribution in [0.25, 0.3) is 0 Å². The van der Waals surface area contributed by atoms with Gasteiger partial charge in [-0.15, -0.1) is 5.10 Å². The van der Waals surface area contributed by atoms with Crippen molar-refractivity contribution in [2.75, 3.05) is 0 Å². The molecular weight excluding hydrogens is 192 g/mol. The molecule has 0 bridgehead atoms. The number of ether oxygens (including phenoxy) is 1. The van der Waals surface area contributed by atoms with Gasteiger partial charge in [0, 0.05) is 6.04 Å². The molecule has 82 valence electrons. The van der Waals surface area contributed by atoms with Gasteiger partial charge in [0.2, 0.25) is 0 Å². The third-order valence-electron chi connectivity index (χ3n) is 2.83. The van der Waals surface area contributed by atoms with Crippen LogP contribution in [0.15, 0.2) is 0 Å². The second kappa shape index (κ2) is 4.10. The number of nitrogens with zero attached hydrogens (tertiary/aromatic N) is 3. The quantitative estimate of drug-likeness (QED) is 0.776. The van der Waals surface area contributed by atoms with Crippen LogP contribution in [0.2, 0.25) is 0 Å². The van der Waals surface area contributed by atoms with Crippen molar-refractivity contribution in [3.05, 3.63) is 11.4 Å². The van der Waals surface area contributed by atoms with Crippen molar-refractivity contribution in [2.45, 2.75) is 45.3 Å². The van der Waals surface area contributed by atoms with Crippen LogP contribution >= 0.6 is 0 Å².